The minimum atomic E-state index is -4.71. The van der Waals surface area contributed by atoms with Crippen molar-refractivity contribution in [3.63, 3.8) is 0 Å². The van der Waals surface area contributed by atoms with Gasteiger partial charge in [0.2, 0.25) is 0 Å². The van der Waals surface area contributed by atoms with Gasteiger partial charge in [0, 0.05) is 12.4 Å². The molecule has 0 amide bonds. The summed E-state index contributed by atoms with van der Waals surface area (Å²) in [4.78, 5) is 3.64. The Bertz CT molecular complexity index is 465. The summed E-state index contributed by atoms with van der Waals surface area (Å²) in [7, 11) is 0. The molecule has 1 aromatic heterocycles. The van der Waals surface area contributed by atoms with Crippen LogP contribution >= 0.6 is 0 Å². The summed E-state index contributed by atoms with van der Waals surface area (Å²) in [5.41, 5.74) is 0.234. The molecule has 0 aliphatic carbocycles. The summed E-state index contributed by atoms with van der Waals surface area (Å²) >= 11 is 0. The molecule has 3 nitrogen and oxygen atoms in total. The minimum absolute atomic E-state index is 0.234. The van der Waals surface area contributed by atoms with E-state index in [2.05, 4.69) is 16.0 Å². The standard InChI is InChI=1S/C10H6F3N2O/c11-10(12,13)16-9-4-2-1-3-8(9)15-6-5-14-7-15/h1-6H. The number of ether oxygens (including phenoxy) is 1. The highest BCUT2D eigenvalue weighted by Crippen LogP contribution is 2.28. The Morgan fingerprint density at radius 2 is 2.00 bits per heavy atom. The van der Waals surface area contributed by atoms with Crippen molar-refractivity contribution in [1.29, 1.82) is 0 Å². The average Bonchev–Trinajstić information content (AvgIpc) is 2.69. The maximum atomic E-state index is 12.1. The molecule has 0 unspecified atom stereocenters. The summed E-state index contributed by atoms with van der Waals surface area (Å²) in [6, 6.07) is 5.78. The van der Waals surface area contributed by atoms with Crippen LogP contribution in [-0.4, -0.2) is 15.9 Å². The van der Waals surface area contributed by atoms with Crippen LogP contribution < -0.4 is 4.74 Å². The normalized spacial score (nSPS) is 11.4. The molecule has 0 aliphatic heterocycles. The van der Waals surface area contributed by atoms with E-state index in [0.29, 0.717) is 0 Å². The van der Waals surface area contributed by atoms with Crippen LogP contribution in [0.1, 0.15) is 0 Å². The predicted octanol–water partition coefficient (Wildman–Crippen LogP) is 2.57. The van der Waals surface area contributed by atoms with Gasteiger partial charge < -0.3 is 4.74 Å². The van der Waals surface area contributed by atoms with Crippen LogP contribution in [-0.2, 0) is 0 Å². The smallest absolute Gasteiger partial charge is 0.404 e. The zero-order valence-corrected chi connectivity index (χ0v) is 7.90. The van der Waals surface area contributed by atoms with Crippen LogP contribution in [0.25, 0.3) is 5.69 Å². The van der Waals surface area contributed by atoms with Gasteiger partial charge in [-0.15, -0.1) is 13.2 Å². The van der Waals surface area contributed by atoms with Gasteiger partial charge in [0.1, 0.15) is 0 Å². The van der Waals surface area contributed by atoms with Crippen LogP contribution in [0.3, 0.4) is 0 Å². The first kappa shape index (κ1) is 10.5. The van der Waals surface area contributed by atoms with E-state index in [1.165, 1.54) is 35.2 Å². The average molecular weight is 227 g/mol. The number of alkyl halides is 3. The first-order valence-corrected chi connectivity index (χ1v) is 4.32. The number of para-hydroxylation sites is 2. The van der Waals surface area contributed by atoms with Crippen LogP contribution in [0.15, 0.2) is 36.7 Å². The fraction of sp³-hybridized carbons (Fsp3) is 0.100. The molecule has 0 atom stereocenters. The molecule has 0 saturated carbocycles. The monoisotopic (exact) mass is 227 g/mol. The maximum absolute atomic E-state index is 12.1. The van der Waals surface area contributed by atoms with Crippen molar-refractivity contribution in [3.05, 3.63) is 43.0 Å². The highest BCUT2D eigenvalue weighted by Gasteiger charge is 2.32. The summed E-state index contributed by atoms with van der Waals surface area (Å²) < 4.78 is 41.5. The second-order valence-electron chi connectivity index (χ2n) is 2.91. The van der Waals surface area contributed by atoms with Gasteiger partial charge in [0.25, 0.3) is 0 Å². The molecule has 16 heavy (non-hydrogen) atoms. The van der Waals surface area contributed by atoms with Crippen molar-refractivity contribution in [1.82, 2.24) is 9.55 Å². The Labute approximate surface area is 89.1 Å². The fourth-order valence-electron chi connectivity index (χ4n) is 1.23. The SMILES string of the molecule is FC(F)(F)Oc1ccccc1-n1[c]ncc1. The summed E-state index contributed by atoms with van der Waals surface area (Å²) in [5.74, 6) is -0.288. The Kier molecular flexibility index (Phi) is 2.55. The molecule has 1 heterocycles. The zero-order chi connectivity index (χ0) is 11.6. The van der Waals surface area contributed by atoms with Gasteiger partial charge in [-0.1, -0.05) is 12.1 Å². The van der Waals surface area contributed by atoms with Crippen LogP contribution in [0.5, 0.6) is 5.75 Å². The summed E-state index contributed by atoms with van der Waals surface area (Å²) in [6.07, 6.45) is 0.693. The molecule has 0 bridgehead atoms. The topological polar surface area (TPSA) is 27.1 Å². The van der Waals surface area contributed by atoms with Gasteiger partial charge in [-0.05, 0) is 12.1 Å². The van der Waals surface area contributed by atoms with Crippen molar-refractivity contribution in [2.24, 2.45) is 0 Å². The number of hydrogen-bond acceptors (Lipinski definition) is 2. The Morgan fingerprint density at radius 1 is 1.25 bits per heavy atom. The lowest BCUT2D eigenvalue weighted by Crippen LogP contribution is -2.18. The van der Waals surface area contributed by atoms with E-state index in [1.54, 1.807) is 6.07 Å². The number of benzene rings is 1. The number of imidazole rings is 1. The van der Waals surface area contributed by atoms with E-state index in [9.17, 15) is 13.2 Å². The van der Waals surface area contributed by atoms with Crippen LogP contribution in [0.4, 0.5) is 13.2 Å². The van der Waals surface area contributed by atoms with E-state index in [-0.39, 0.29) is 11.4 Å². The molecule has 2 rings (SSSR count). The van der Waals surface area contributed by atoms with Gasteiger partial charge in [-0.2, -0.15) is 0 Å². The molecule has 0 fully saturated rings. The molecule has 0 spiro atoms. The van der Waals surface area contributed by atoms with E-state index < -0.39 is 6.36 Å². The first-order chi connectivity index (χ1) is 7.56. The zero-order valence-electron chi connectivity index (χ0n) is 7.90. The highest BCUT2D eigenvalue weighted by molar-refractivity contribution is 5.46. The van der Waals surface area contributed by atoms with Gasteiger partial charge >= 0.3 is 6.36 Å². The van der Waals surface area contributed by atoms with Crippen molar-refractivity contribution < 1.29 is 17.9 Å². The van der Waals surface area contributed by atoms with Gasteiger partial charge in [0.15, 0.2) is 12.1 Å². The lowest BCUT2D eigenvalue weighted by atomic mass is 10.3. The minimum Gasteiger partial charge on any atom is -0.404 e. The predicted molar refractivity (Wildman–Crippen MR) is 49.1 cm³/mol. The highest BCUT2D eigenvalue weighted by atomic mass is 19.4. The van der Waals surface area contributed by atoms with Crippen molar-refractivity contribution in [3.8, 4) is 11.4 Å². The number of aromatic nitrogens is 2. The number of halogens is 3. The van der Waals surface area contributed by atoms with Crippen molar-refractivity contribution >= 4 is 0 Å². The summed E-state index contributed by atoms with van der Waals surface area (Å²) in [5, 5.41) is 0. The Morgan fingerprint density at radius 3 is 2.62 bits per heavy atom. The second-order valence-corrected chi connectivity index (χ2v) is 2.91. The quantitative estimate of drug-likeness (QED) is 0.788. The molecule has 1 aromatic carbocycles. The molecular weight excluding hydrogens is 221 g/mol. The molecule has 1 radical (unpaired) electrons. The molecule has 2 aromatic rings. The van der Waals surface area contributed by atoms with Gasteiger partial charge in [-0.3, -0.25) is 4.57 Å². The molecule has 0 aliphatic rings. The maximum Gasteiger partial charge on any atom is 0.573 e. The number of hydrogen-bond donors (Lipinski definition) is 0. The molecule has 6 heteroatoms. The second kappa shape index (κ2) is 3.88. The molecule has 0 saturated heterocycles. The van der Waals surface area contributed by atoms with Gasteiger partial charge in [0.05, 0.1) is 5.69 Å². The number of rotatable bonds is 2. The summed E-state index contributed by atoms with van der Waals surface area (Å²) in [6.45, 7) is 0. The van der Waals surface area contributed by atoms with E-state index in [4.69, 9.17) is 0 Å². The van der Waals surface area contributed by atoms with Crippen LogP contribution in [0, 0.1) is 6.33 Å². The lowest BCUT2D eigenvalue weighted by Gasteiger charge is -2.12. The third kappa shape index (κ3) is 2.33. The largest absolute Gasteiger partial charge is 0.573 e. The lowest BCUT2D eigenvalue weighted by molar-refractivity contribution is -0.274. The molecule has 0 N–H and O–H groups in total. The third-order valence-electron chi connectivity index (χ3n) is 1.81. The number of nitrogens with zero attached hydrogens (tertiary/aromatic N) is 2. The van der Waals surface area contributed by atoms with E-state index >= 15 is 0 Å². The van der Waals surface area contributed by atoms with Gasteiger partial charge in [-0.25, -0.2) is 4.98 Å². The Hall–Kier alpha value is -1.98. The fourth-order valence-corrected chi connectivity index (χ4v) is 1.23. The third-order valence-corrected chi connectivity index (χ3v) is 1.81. The van der Waals surface area contributed by atoms with Crippen molar-refractivity contribution in [2.75, 3.05) is 0 Å². The van der Waals surface area contributed by atoms with Crippen LogP contribution in [0.2, 0.25) is 0 Å². The van der Waals surface area contributed by atoms with Crippen molar-refractivity contribution in [2.45, 2.75) is 6.36 Å². The van der Waals surface area contributed by atoms with E-state index in [0.717, 1.165) is 0 Å². The molecular formula is C10H6F3N2O. The molecule has 83 valence electrons. The Balaban J connectivity index is 2.39. The first-order valence-electron chi connectivity index (χ1n) is 4.32. The van der Waals surface area contributed by atoms with E-state index in [1.807, 2.05) is 0 Å².